The van der Waals surface area contributed by atoms with Gasteiger partial charge in [-0.2, -0.15) is 0 Å². The largest absolute Gasteiger partial charge is 0.508 e. The molecule has 1 heterocycles. The summed E-state index contributed by atoms with van der Waals surface area (Å²) in [7, 11) is 0. The molecular weight excluding hydrogens is 246 g/mol. The molecule has 3 aliphatic rings. The number of hydrogen-bond acceptors (Lipinski definition) is 2. The van der Waals surface area contributed by atoms with Gasteiger partial charge in [-0.1, -0.05) is 19.9 Å². The van der Waals surface area contributed by atoms with Gasteiger partial charge < -0.3 is 5.11 Å². The molecule has 0 amide bonds. The first kappa shape index (κ1) is 9.83. The lowest BCUT2D eigenvalue weighted by molar-refractivity contribution is 0.0283. The summed E-state index contributed by atoms with van der Waals surface area (Å²) in [5.41, 5.74) is 2.43. The van der Waals surface area contributed by atoms with Crippen LogP contribution in [0.15, 0.2) is 18.2 Å². The van der Waals surface area contributed by atoms with Crippen molar-refractivity contribution >= 4 is 0 Å². The van der Waals surface area contributed by atoms with Gasteiger partial charge in [0.25, 0.3) is 0 Å². The van der Waals surface area contributed by atoms with Crippen molar-refractivity contribution in [3.63, 3.8) is 0 Å². The van der Waals surface area contributed by atoms with E-state index >= 15 is 0 Å². The minimum atomic E-state index is -1.55. The first-order valence-electron chi connectivity index (χ1n) is 9.28. The minimum Gasteiger partial charge on any atom is -0.508 e. The fourth-order valence-electron chi connectivity index (χ4n) is 4.12. The Kier molecular flexibility index (Phi) is 2.08. The summed E-state index contributed by atoms with van der Waals surface area (Å²) in [6.45, 7) is 3.60. The Morgan fingerprint density at radius 1 is 1.50 bits per heavy atom. The zero-order chi connectivity index (χ0) is 16.6. The van der Waals surface area contributed by atoms with E-state index in [1.165, 1.54) is 11.1 Å². The van der Waals surface area contributed by atoms with Crippen LogP contribution in [0.25, 0.3) is 0 Å². The van der Waals surface area contributed by atoms with Gasteiger partial charge in [0, 0.05) is 16.7 Å². The molecule has 1 saturated heterocycles. The molecule has 0 radical (unpaired) electrons. The van der Waals surface area contributed by atoms with Crippen LogP contribution in [0.1, 0.15) is 48.3 Å². The number of aromatic hydroxyl groups is 1. The molecule has 20 heavy (non-hydrogen) atoms. The summed E-state index contributed by atoms with van der Waals surface area (Å²) in [5, 5.41) is 9.89. The molecular formula is C18H25NO. The monoisotopic (exact) mass is 274 g/mol. The molecule has 3 atom stereocenters. The number of fused-ring (bicyclic) bond motifs is 4. The molecule has 2 heteroatoms. The lowest BCUT2D eigenvalue weighted by atomic mass is 9.59. The Hall–Kier alpha value is -1.02. The summed E-state index contributed by atoms with van der Waals surface area (Å²) in [5.74, 6) is -0.296. The van der Waals surface area contributed by atoms with Crippen LogP contribution in [0.3, 0.4) is 0 Å². The number of benzene rings is 1. The maximum Gasteiger partial charge on any atom is 0.115 e. The summed E-state index contributed by atoms with van der Waals surface area (Å²) >= 11 is 0. The Labute approximate surface area is 126 Å². The lowest BCUT2D eigenvalue weighted by Crippen LogP contribution is -2.58. The fraction of sp³-hybridized carbons (Fsp3) is 0.667. The zero-order valence-electron chi connectivity index (χ0n) is 15.3. The molecule has 4 rings (SSSR count). The molecule has 2 bridgehead atoms. The maximum atomic E-state index is 9.89. The molecule has 2 fully saturated rings. The van der Waals surface area contributed by atoms with E-state index in [2.05, 4.69) is 13.8 Å². The predicted octanol–water partition coefficient (Wildman–Crippen LogP) is 3.33. The van der Waals surface area contributed by atoms with Crippen molar-refractivity contribution in [2.45, 2.75) is 51.0 Å². The van der Waals surface area contributed by atoms with E-state index in [1.54, 1.807) is 6.07 Å². The van der Waals surface area contributed by atoms with Crippen molar-refractivity contribution in [3.8, 4) is 5.75 Å². The second kappa shape index (κ2) is 4.24. The highest BCUT2D eigenvalue weighted by molar-refractivity contribution is 5.44. The Balaban J connectivity index is 1.76. The number of phenolic OH excluding ortho intramolecular Hbond substituents is 1. The van der Waals surface area contributed by atoms with Crippen molar-refractivity contribution in [2.75, 3.05) is 13.0 Å². The Bertz CT molecular complexity index is 658. The molecule has 0 spiro atoms. The highest BCUT2D eigenvalue weighted by Crippen LogP contribution is 2.49. The molecule has 1 unspecified atom stereocenters. The van der Waals surface area contributed by atoms with Crippen LogP contribution in [0.2, 0.25) is 0 Å². The number of piperidine rings is 1. The van der Waals surface area contributed by atoms with Gasteiger partial charge in [-0.3, -0.25) is 4.90 Å². The first-order chi connectivity index (χ1) is 10.7. The number of phenols is 1. The van der Waals surface area contributed by atoms with E-state index in [9.17, 15) is 5.11 Å². The molecule has 1 aromatic carbocycles. The minimum absolute atomic E-state index is 0.0255. The lowest BCUT2D eigenvalue weighted by Gasteiger charge is -2.54. The third-order valence-corrected chi connectivity index (χ3v) is 5.79. The van der Waals surface area contributed by atoms with Crippen LogP contribution in [0.4, 0.5) is 0 Å². The first-order valence-corrected chi connectivity index (χ1v) is 7.78. The average Bonchev–Trinajstić information content (AvgIpc) is 3.23. The van der Waals surface area contributed by atoms with Crippen LogP contribution in [0.5, 0.6) is 5.75 Å². The van der Waals surface area contributed by atoms with E-state index in [0.29, 0.717) is 31.1 Å². The number of nitrogens with zero attached hydrogens (tertiary/aromatic N) is 1. The third kappa shape index (κ3) is 1.81. The summed E-state index contributed by atoms with van der Waals surface area (Å²) in [4.78, 5) is 1.98. The fourth-order valence-corrected chi connectivity index (χ4v) is 4.12. The van der Waals surface area contributed by atoms with E-state index in [1.807, 2.05) is 17.0 Å². The van der Waals surface area contributed by atoms with Gasteiger partial charge in [-0.15, -0.1) is 0 Å². The van der Waals surface area contributed by atoms with Crippen molar-refractivity contribution in [2.24, 2.45) is 11.8 Å². The second-order valence-corrected chi connectivity index (χ2v) is 6.98. The molecule has 1 N–H and O–H groups in total. The number of hydrogen-bond donors (Lipinski definition) is 1. The summed E-state index contributed by atoms with van der Waals surface area (Å²) < 4.78 is 25.5. The van der Waals surface area contributed by atoms with Crippen molar-refractivity contribution in [1.29, 1.82) is 0 Å². The maximum absolute atomic E-state index is 9.89. The number of likely N-dealkylation sites (tertiary alicyclic amines) is 1. The Morgan fingerprint density at radius 3 is 3.05 bits per heavy atom. The summed E-state index contributed by atoms with van der Waals surface area (Å²) in [6.07, 6.45) is 3.01. The smallest absolute Gasteiger partial charge is 0.115 e. The number of rotatable bonds is 2. The van der Waals surface area contributed by atoms with Crippen LogP contribution in [-0.4, -0.2) is 29.1 Å². The van der Waals surface area contributed by atoms with Crippen LogP contribution >= 0.6 is 0 Å². The third-order valence-electron chi connectivity index (χ3n) is 5.79. The van der Waals surface area contributed by atoms with Crippen molar-refractivity contribution in [3.05, 3.63) is 29.3 Å². The van der Waals surface area contributed by atoms with E-state index in [0.717, 1.165) is 12.8 Å². The predicted molar refractivity (Wildman–Crippen MR) is 81.0 cm³/mol. The van der Waals surface area contributed by atoms with Crippen molar-refractivity contribution in [1.82, 2.24) is 4.90 Å². The van der Waals surface area contributed by atoms with Crippen LogP contribution < -0.4 is 0 Å². The second-order valence-electron chi connectivity index (χ2n) is 6.98. The van der Waals surface area contributed by atoms with Gasteiger partial charge in [-0.05, 0) is 72.7 Å². The van der Waals surface area contributed by atoms with Crippen molar-refractivity contribution < 1.29 is 9.22 Å². The van der Waals surface area contributed by atoms with Gasteiger partial charge in [0.2, 0.25) is 0 Å². The quantitative estimate of drug-likeness (QED) is 0.894. The van der Waals surface area contributed by atoms with Gasteiger partial charge in [0.05, 0.1) is 0 Å². The molecule has 1 saturated carbocycles. The average molecular weight is 274 g/mol. The molecule has 2 nitrogen and oxygen atoms in total. The van der Waals surface area contributed by atoms with Gasteiger partial charge in [0.15, 0.2) is 0 Å². The molecule has 1 aliphatic heterocycles. The standard InChI is InChI=1S/C18H25NO/c1-12-17-9-14-5-6-15(20)10-16(14)18(12,2)7-8-19(17)11-13-3-4-13/h5-6,10,12-13,17,20H,3-4,7-9,11H2,1-2H3/t12?,17-,18-/m0/s1/i11D2,13D. The highest BCUT2D eigenvalue weighted by atomic mass is 16.3. The molecule has 1 aromatic rings. The van der Waals surface area contributed by atoms with Crippen LogP contribution in [0, 0.1) is 11.8 Å². The summed E-state index contributed by atoms with van der Waals surface area (Å²) in [6, 6.07) is 5.76. The van der Waals surface area contributed by atoms with E-state index in [4.69, 9.17) is 4.11 Å². The Morgan fingerprint density at radius 2 is 2.30 bits per heavy atom. The normalized spacial score (nSPS) is 41.2. The zero-order valence-corrected chi connectivity index (χ0v) is 12.3. The van der Waals surface area contributed by atoms with E-state index in [-0.39, 0.29) is 11.5 Å². The highest BCUT2D eigenvalue weighted by Gasteiger charge is 2.48. The van der Waals surface area contributed by atoms with Gasteiger partial charge in [0.1, 0.15) is 5.75 Å². The van der Waals surface area contributed by atoms with Gasteiger partial charge in [-0.25, -0.2) is 0 Å². The van der Waals surface area contributed by atoms with Crippen LogP contribution in [-0.2, 0) is 11.8 Å². The topological polar surface area (TPSA) is 23.5 Å². The van der Waals surface area contributed by atoms with Gasteiger partial charge >= 0.3 is 0 Å². The van der Waals surface area contributed by atoms with E-state index < -0.39 is 12.4 Å². The molecule has 0 aromatic heterocycles. The SMILES string of the molecule is [2H]C1(C([2H])([2H])N2CC[C@]3(C)c4cc(O)ccc4C[C@H]2C3C)CC1. The molecule has 2 aliphatic carbocycles. The molecule has 108 valence electrons.